The average Bonchev–Trinajstić information content (AvgIpc) is 3.00. The molecular formula is C19H20N2O4. The predicted molar refractivity (Wildman–Crippen MR) is 94.3 cm³/mol. The normalized spacial score (nSPS) is 10.7. The highest BCUT2D eigenvalue weighted by molar-refractivity contribution is 5.94. The molecule has 0 aliphatic heterocycles. The fourth-order valence-electron chi connectivity index (χ4n) is 2.64. The van der Waals surface area contributed by atoms with Gasteiger partial charge in [-0.3, -0.25) is 4.79 Å². The summed E-state index contributed by atoms with van der Waals surface area (Å²) in [4.78, 5) is 16.6. The van der Waals surface area contributed by atoms with Gasteiger partial charge in [0.25, 0.3) is 5.91 Å². The minimum atomic E-state index is -0.155. The maximum atomic E-state index is 12.3. The van der Waals surface area contributed by atoms with E-state index >= 15 is 0 Å². The van der Waals surface area contributed by atoms with Crippen molar-refractivity contribution in [1.82, 2.24) is 10.3 Å². The van der Waals surface area contributed by atoms with E-state index in [0.29, 0.717) is 35.9 Å². The van der Waals surface area contributed by atoms with Crippen molar-refractivity contribution < 1.29 is 18.7 Å². The Morgan fingerprint density at radius 3 is 2.68 bits per heavy atom. The lowest BCUT2D eigenvalue weighted by molar-refractivity contribution is 0.0953. The van der Waals surface area contributed by atoms with Crippen LogP contribution in [0.2, 0.25) is 0 Å². The molecule has 0 aliphatic rings. The summed E-state index contributed by atoms with van der Waals surface area (Å²) >= 11 is 0. The molecule has 0 atom stereocenters. The molecule has 0 saturated carbocycles. The summed E-state index contributed by atoms with van der Waals surface area (Å²) in [6, 6.07) is 11.0. The standard InChI is InChI=1S/C19H20N2O4/c1-12-21-15-6-4-13(10-17(15)25-12)8-9-20-19(22)14-5-7-16(23-2)18(11-14)24-3/h4-7,10-11H,8-9H2,1-3H3,(H,20,22). The number of ether oxygens (including phenoxy) is 2. The highest BCUT2D eigenvalue weighted by Crippen LogP contribution is 2.27. The zero-order chi connectivity index (χ0) is 17.8. The lowest BCUT2D eigenvalue weighted by Gasteiger charge is -2.10. The van der Waals surface area contributed by atoms with Crippen molar-refractivity contribution in [3.8, 4) is 11.5 Å². The Morgan fingerprint density at radius 2 is 1.92 bits per heavy atom. The Kier molecular flexibility index (Phi) is 4.88. The number of fused-ring (bicyclic) bond motifs is 1. The van der Waals surface area contributed by atoms with Crippen LogP contribution in [0.25, 0.3) is 11.1 Å². The number of hydrogen-bond donors (Lipinski definition) is 1. The van der Waals surface area contributed by atoms with Crippen molar-refractivity contribution in [2.75, 3.05) is 20.8 Å². The zero-order valence-corrected chi connectivity index (χ0v) is 14.5. The second kappa shape index (κ2) is 7.25. The molecule has 3 aromatic rings. The van der Waals surface area contributed by atoms with E-state index in [1.807, 2.05) is 25.1 Å². The van der Waals surface area contributed by atoms with Crippen LogP contribution in [0.1, 0.15) is 21.8 Å². The predicted octanol–water partition coefficient (Wildman–Crippen LogP) is 3.13. The number of rotatable bonds is 6. The minimum Gasteiger partial charge on any atom is -0.493 e. The summed E-state index contributed by atoms with van der Waals surface area (Å²) in [5.74, 6) is 1.61. The molecule has 6 nitrogen and oxygen atoms in total. The highest BCUT2D eigenvalue weighted by atomic mass is 16.5. The Balaban J connectivity index is 1.61. The Labute approximate surface area is 145 Å². The summed E-state index contributed by atoms with van der Waals surface area (Å²) in [5.41, 5.74) is 3.21. The van der Waals surface area contributed by atoms with E-state index in [1.54, 1.807) is 32.4 Å². The fourth-order valence-corrected chi connectivity index (χ4v) is 2.64. The number of nitrogens with zero attached hydrogens (tertiary/aromatic N) is 1. The molecule has 1 aromatic heterocycles. The fraction of sp³-hybridized carbons (Fsp3) is 0.263. The van der Waals surface area contributed by atoms with E-state index in [4.69, 9.17) is 13.9 Å². The third-order valence-corrected chi connectivity index (χ3v) is 3.90. The number of aryl methyl sites for hydroxylation is 1. The third-order valence-electron chi connectivity index (χ3n) is 3.90. The number of carbonyl (C=O) groups is 1. The summed E-state index contributed by atoms with van der Waals surface area (Å²) < 4.78 is 15.9. The van der Waals surface area contributed by atoms with Crippen molar-refractivity contribution >= 4 is 17.0 Å². The number of hydrogen-bond acceptors (Lipinski definition) is 5. The number of aromatic nitrogens is 1. The first-order valence-corrected chi connectivity index (χ1v) is 7.97. The smallest absolute Gasteiger partial charge is 0.251 e. The molecule has 130 valence electrons. The van der Waals surface area contributed by atoms with Gasteiger partial charge in [0.1, 0.15) is 5.52 Å². The van der Waals surface area contributed by atoms with Gasteiger partial charge in [-0.1, -0.05) is 6.07 Å². The number of amides is 1. The third kappa shape index (κ3) is 3.74. The van der Waals surface area contributed by atoms with E-state index in [9.17, 15) is 4.79 Å². The monoisotopic (exact) mass is 340 g/mol. The maximum Gasteiger partial charge on any atom is 0.251 e. The van der Waals surface area contributed by atoms with E-state index in [-0.39, 0.29) is 5.91 Å². The number of methoxy groups -OCH3 is 2. The molecule has 0 spiro atoms. The number of nitrogens with one attached hydrogen (secondary N) is 1. The van der Waals surface area contributed by atoms with Gasteiger partial charge in [0.15, 0.2) is 23.0 Å². The Morgan fingerprint density at radius 1 is 1.12 bits per heavy atom. The van der Waals surface area contributed by atoms with Gasteiger partial charge in [-0.25, -0.2) is 4.98 Å². The van der Waals surface area contributed by atoms with E-state index in [0.717, 1.165) is 16.7 Å². The van der Waals surface area contributed by atoms with Gasteiger partial charge in [-0.05, 0) is 42.3 Å². The van der Waals surface area contributed by atoms with Gasteiger partial charge < -0.3 is 19.2 Å². The molecule has 1 amide bonds. The minimum absolute atomic E-state index is 0.155. The quantitative estimate of drug-likeness (QED) is 0.746. The van der Waals surface area contributed by atoms with Crippen molar-refractivity contribution in [3.63, 3.8) is 0 Å². The van der Waals surface area contributed by atoms with Crippen molar-refractivity contribution in [3.05, 3.63) is 53.4 Å². The van der Waals surface area contributed by atoms with Gasteiger partial charge in [-0.2, -0.15) is 0 Å². The molecule has 0 fully saturated rings. The largest absolute Gasteiger partial charge is 0.493 e. The number of benzene rings is 2. The summed E-state index contributed by atoms with van der Waals surface area (Å²) in [6.07, 6.45) is 0.703. The van der Waals surface area contributed by atoms with E-state index in [1.165, 1.54) is 0 Å². The van der Waals surface area contributed by atoms with Gasteiger partial charge >= 0.3 is 0 Å². The SMILES string of the molecule is COc1ccc(C(=O)NCCc2ccc3nc(C)oc3c2)cc1OC. The van der Waals surface area contributed by atoms with Crippen LogP contribution in [-0.4, -0.2) is 31.7 Å². The molecule has 1 N–H and O–H groups in total. The first kappa shape index (κ1) is 16.8. The molecule has 6 heteroatoms. The molecule has 0 aliphatic carbocycles. The topological polar surface area (TPSA) is 73.6 Å². The van der Waals surface area contributed by atoms with Crippen LogP contribution in [0.5, 0.6) is 11.5 Å². The first-order valence-electron chi connectivity index (χ1n) is 7.97. The molecule has 0 saturated heterocycles. The Bertz CT molecular complexity index is 902. The molecule has 2 aromatic carbocycles. The second-order valence-electron chi connectivity index (χ2n) is 5.61. The van der Waals surface area contributed by atoms with Crippen LogP contribution in [0, 0.1) is 6.92 Å². The lowest BCUT2D eigenvalue weighted by atomic mass is 10.1. The molecule has 0 radical (unpaired) electrons. The van der Waals surface area contributed by atoms with E-state index < -0.39 is 0 Å². The molecule has 25 heavy (non-hydrogen) atoms. The summed E-state index contributed by atoms with van der Waals surface area (Å²) in [6.45, 7) is 2.34. The molecule has 1 heterocycles. The van der Waals surface area contributed by atoms with Crippen LogP contribution in [0.15, 0.2) is 40.8 Å². The molecule has 0 bridgehead atoms. The lowest BCUT2D eigenvalue weighted by Crippen LogP contribution is -2.25. The Hall–Kier alpha value is -3.02. The van der Waals surface area contributed by atoms with Crippen LogP contribution < -0.4 is 14.8 Å². The van der Waals surface area contributed by atoms with Crippen molar-refractivity contribution in [2.24, 2.45) is 0 Å². The van der Waals surface area contributed by atoms with Crippen LogP contribution in [0.3, 0.4) is 0 Å². The number of carbonyl (C=O) groups excluding carboxylic acids is 1. The molecular weight excluding hydrogens is 320 g/mol. The van der Waals surface area contributed by atoms with Crippen molar-refractivity contribution in [1.29, 1.82) is 0 Å². The van der Waals surface area contributed by atoms with Gasteiger partial charge in [0.2, 0.25) is 0 Å². The zero-order valence-electron chi connectivity index (χ0n) is 14.5. The average molecular weight is 340 g/mol. The first-order chi connectivity index (χ1) is 12.1. The van der Waals surface area contributed by atoms with Crippen LogP contribution in [-0.2, 0) is 6.42 Å². The second-order valence-corrected chi connectivity index (χ2v) is 5.61. The van der Waals surface area contributed by atoms with Gasteiger partial charge in [0, 0.05) is 19.0 Å². The van der Waals surface area contributed by atoms with Crippen LogP contribution >= 0.6 is 0 Å². The molecule has 0 unspecified atom stereocenters. The van der Waals surface area contributed by atoms with Crippen LogP contribution in [0.4, 0.5) is 0 Å². The van der Waals surface area contributed by atoms with E-state index in [2.05, 4.69) is 10.3 Å². The van der Waals surface area contributed by atoms with Gasteiger partial charge in [0.05, 0.1) is 14.2 Å². The van der Waals surface area contributed by atoms with Crippen molar-refractivity contribution in [2.45, 2.75) is 13.3 Å². The summed E-state index contributed by atoms with van der Waals surface area (Å²) in [7, 11) is 3.10. The number of oxazole rings is 1. The van der Waals surface area contributed by atoms with Gasteiger partial charge in [-0.15, -0.1) is 0 Å². The molecule has 3 rings (SSSR count). The summed E-state index contributed by atoms with van der Waals surface area (Å²) in [5, 5.41) is 2.91. The maximum absolute atomic E-state index is 12.3. The highest BCUT2D eigenvalue weighted by Gasteiger charge is 2.10.